The third kappa shape index (κ3) is 3.12. The summed E-state index contributed by atoms with van der Waals surface area (Å²) in [5.74, 6) is -0.607. The van der Waals surface area contributed by atoms with Gasteiger partial charge in [0.25, 0.3) is 11.8 Å². The number of nitrogens with one attached hydrogen (secondary N) is 1. The number of imide groups is 1. The summed E-state index contributed by atoms with van der Waals surface area (Å²) in [5, 5.41) is 5.04. The quantitative estimate of drug-likeness (QED) is 0.568. The molecule has 0 aromatic heterocycles. The minimum atomic E-state index is -0.303. The summed E-state index contributed by atoms with van der Waals surface area (Å²) in [6.45, 7) is 1.52. The number of nitrogens with zero attached hydrogens (tertiary/aromatic N) is 1. The lowest BCUT2D eigenvalue weighted by molar-refractivity contribution is 0.0893. The van der Waals surface area contributed by atoms with Crippen molar-refractivity contribution < 1.29 is 14.3 Å². The van der Waals surface area contributed by atoms with Crippen LogP contribution in [0.2, 0.25) is 0 Å². The van der Waals surface area contributed by atoms with Crippen LogP contribution in [0.5, 0.6) is 0 Å². The Kier molecular flexibility index (Phi) is 4.60. The first kappa shape index (κ1) is 18.3. The molecular formula is C23H19BrN2O3. The van der Waals surface area contributed by atoms with Crippen molar-refractivity contribution in [2.45, 2.75) is 18.9 Å². The van der Waals surface area contributed by atoms with Gasteiger partial charge in [0.2, 0.25) is 0 Å². The van der Waals surface area contributed by atoms with Crippen LogP contribution in [0, 0.1) is 0 Å². The fourth-order valence-corrected chi connectivity index (χ4v) is 4.52. The van der Waals surface area contributed by atoms with Gasteiger partial charge in [-0.05, 0) is 49.2 Å². The van der Waals surface area contributed by atoms with E-state index in [-0.39, 0.29) is 17.9 Å². The lowest BCUT2D eigenvalue weighted by Crippen LogP contribution is -2.40. The second kappa shape index (κ2) is 7.28. The number of amides is 2. The number of hydrogen-bond donors (Lipinski definition) is 1. The molecule has 146 valence electrons. The highest BCUT2D eigenvalue weighted by Gasteiger charge is 2.34. The summed E-state index contributed by atoms with van der Waals surface area (Å²) in [7, 11) is 0. The summed E-state index contributed by atoms with van der Waals surface area (Å²) in [4.78, 5) is 27.8. The molecule has 5 nitrogen and oxygen atoms in total. The van der Waals surface area contributed by atoms with E-state index in [0.29, 0.717) is 28.7 Å². The minimum absolute atomic E-state index is 0.205. The van der Waals surface area contributed by atoms with Crippen molar-refractivity contribution in [3.8, 4) is 0 Å². The number of carbonyl (C=O) groups is 2. The highest BCUT2D eigenvalue weighted by atomic mass is 79.9. The van der Waals surface area contributed by atoms with Gasteiger partial charge in [-0.15, -0.1) is 0 Å². The van der Waals surface area contributed by atoms with Gasteiger partial charge in [0, 0.05) is 45.2 Å². The van der Waals surface area contributed by atoms with Gasteiger partial charge in [0.15, 0.2) is 0 Å². The molecule has 0 aliphatic carbocycles. The van der Waals surface area contributed by atoms with Crippen molar-refractivity contribution in [3.63, 3.8) is 0 Å². The van der Waals surface area contributed by atoms with E-state index in [1.165, 1.54) is 4.90 Å². The van der Waals surface area contributed by atoms with Crippen LogP contribution in [0.15, 0.2) is 59.1 Å². The molecule has 1 fully saturated rings. The Bertz CT molecular complexity index is 1120. The maximum absolute atomic E-state index is 13.3. The molecule has 0 bridgehead atoms. The largest absolute Gasteiger partial charge is 0.382 e. The zero-order valence-electron chi connectivity index (χ0n) is 15.7. The fourth-order valence-electron chi connectivity index (χ4n) is 4.13. The van der Waals surface area contributed by atoms with Crippen LogP contribution >= 0.6 is 15.9 Å². The second-order valence-electron chi connectivity index (χ2n) is 7.33. The number of carbonyl (C=O) groups excluding carboxylic acids is 2. The van der Waals surface area contributed by atoms with Crippen LogP contribution in [-0.2, 0) is 4.74 Å². The molecule has 2 aliphatic rings. The van der Waals surface area contributed by atoms with E-state index in [1.807, 2.05) is 36.4 Å². The van der Waals surface area contributed by atoms with Gasteiger partial charge in [-0.3, -0.25) is 9.59 Å². The number of anilines is 2. The van der Waals surface area contributed by atoms with Gasteiger partial charge in [-0.1, -0.05) is 34.1 Å². The van der Waals surface area contributed by atoms with Crippen LogP contribution in [0.1, 0.15) is 33.6 Å². The molecule has 0 saturated carbocycles. The SMILES string of the molecule is O=C1c2cccc3c(NCC4CCCO4)ccc(c23)C(=O)N1c1cccc(Br)c1. The first-order valence-corrected chi connectivity index (χ1v) is 10.5. The molecule has 1 N–H and O–H groups in total. The summed E-state index contributed by atoms with van der Waals surface area (Å²) < 4.78 is 6.51. The Labute approximate surface area is 176 Å². The van der Waals surface area contributed by atoms with Crippen molar-refractivity contribution >= 4 is 49.9 Å². The first-order valence-electron chi connectivity index (χ1n) is 9.69. The zero-order valence-corrected chi connectivity index (χ0v) is 17.2. The lowest BCUT2D eigenvalue weighted by Gasteiger charge is -2.28. The van der Waals surface area contributed by atoms with Crippen molar-refractivity contribution in [2.24, 2.45) is 0 Å². The molecule has 0 radical (unpaired) electrons. The lowest BCUT2D eigenvalue weighted by atomic mass is 9.92. The van der Waals surface area contributed by atoms with Crippen LogP contribution in [-0.4, -0.2) is 31.1 Å². The Morgan fingerprint density at radius 2 is 1.83 bits per heavy atom. The first-order chi connectivity index (χ1) is 14.1. The summed E-state index contributed by atoms with van der Waals surface area (Å²) in [5.41, 5.74) is 2.55. The topological polar surface area (TPSA) is 58.6 Å². The number of hydrogen-bond acceptors (Lipinski definition) is 4. The Hall–Kier alpha value is -2.70. The van der Waals surface area contributed by atoms with E-state index in [4.69, 9.17) is 4.74 Å². The maximum Gasteiger partial charge on any atom is 0.265 e. The van der Waals surface area contributed by atoms with Gasteiger partial charge in [0.05, 0.1) is 11.8 Å². The Morgan fingerprint density at radius 3 is 2.59 bits per heavy atom. The van der Waals surface area contributed by atoms with Gasteiger partial charge in [-0.2, -0.15) is 0 Å². The number of ether oxygens (including phenoxy) is 1. The molecule has 1 atom stereocenters. The van der Waals surface area contributed by atoms with Gasteiger partial charge in [-0.25, -0.2) is 4.90 Å². The van der Waals surface area contributed by atoms with Gasteiger partial charge < -0.3 is 10.1 Å². The van der Waals surface area contributed by atoms with Crippen molar-refractivity contribution in [2.75, 3.05) is 23.4 Å². The van der Waals surface area contributed by atoms with Crippen LogP contribution in [0.4, 0.5) is 11.4 Å². The van der Waals surface area contributed by atoms with Crippen molar-refractivity contribution in [3.05, 3.63) is 70.2 Å². The molecule has 29 heavy (non-hydrogen) atoms. The zero-order chi connectivity index (χ0) is 20.0. The molecule has 0 spiro atoms. The predicted octanol–water partition coefficient (Wildman–Crippen LogP) is 4.99. The fraction of sp³-hybridized carbons (Fsp3) is 0.217. The highest BCUT2D eigenvalue weighted by molar-refractivity contribution is 9.10. The van der Waals surface area contributed by atoms with E-state index < -0.39 is 0 Å². The number of benzene rings is 3. The average Bonchev–Trinajstić information content (AvgIpc) is 3.24. The smallest absolute Gasteiger partial charge is 0.265 e. The normalized spacial score (nSPS) is 18.5. The summed E-state index contributed by atoms with van der Waals surface area (Å²) in [6.07, 6.45) is 2.34. The van der Waals surface area contributed by atoms with E-state index in [1.54, 1.807) is 18.2 Å². The van der Waals surface area contributed by atoms with Crippen LogP contribution in [0.25, 0.3) is 10.8 Å². The average molecular weight is 451 g/mol. The molecule has 2 aliphatic heterocycles. The van der Waals surface area contributed by atoms with Crippen LogP contribution in [0.3, 0.4) is 0 Å². The predicted molar refractivity (Wildman–Crippen MR) is 117 cm³/mol. The van der Waals surface area contributed by atoms with E-state index >= 15 is 0 Å². The maximum atomic E-state index is 13.3. The molecule has 2 amide bonds. The van der Waals surface area contributed by atoms with Gasteiger partial charge in [0.1, 0.15) is 0 Å². The molecule has 5 rings (SSSR count). The second-order valence-corrected chi connectivity index (χ2v) is 8.25. The monoisotopic (exact) mass is 450 g/mol. The highest BCUT2D eigenvalue weighted by Crippen LogP contribution is 2.36. The van der Waals surface area contributed by atoms with E-state index in [2.05, 4.69) is 21.2 Å². The third-order valence-electron chi connectivity index (χ3n) is 5.52. The van der Waals surface area contributed by atoms with Crippen molar-refractivity contribution in [1.29, 1.82) is 0 Å². The molecule has 6 heteroatoms. The van der Waals surface area contributed by atoms with E-state index in [9.17, 15) is 9.59 Å². The minimum Gasteiger partial charge on any atom is -0.382 e. The van der Waals surface area contributed by atoms with Crippen LogP contribution < -0.4 is 10.2 Å². The third-order valence-corrected chi connectivity index (χ3v) is 6.01. The molecule has 3 aromatic carbocycles. The molecule has 2 heterocycles. The summed E-state index contributed by atoms with van der Waals surface area (Å²) in [6, 6.07) is 16.6. The molecule has 1 saturated heterocycles. The molecular weight excluding hydrogens is 432 g/mol. The van der Waals surface area contributed by atoms with Gasteiger partial charge >= 0.3 is 0 Å². The summed E-state index contributed by atoms with van der Waals surface area (Å²) >= 11 is 3.42. The Morgan fingerprint density at radius 1 is 1.03 bits per heavy atom. The standard InChI is InChI=1S/C23H19BrN2O3/c24-14-4-1-5-15(12-14)26-22(27)18-8-2-7-17-20(25-13-16-6-3-11-29-16)10-9-19(21(17)18)23(26)28/h1-2,4-5,7-10,12,16,25H,3,6,11,13H2. The Balaban J connectivity index is 1.57. The molecule has 1 unspecified atom stereocenters. The number of rotatable bonds is 4. The van der Waals surface area contributed by atoms with Crippen molar-refractivity contribution in [1.82, 2.24) is 0 Å². The number of halogens is 1. The molecule has 3 aromatic rings. The van der Waals surface area contributed by atoms with E-state index in [0.717, 1.165) is 35.0 Å².